The SMILES string of the molecule is CSc1ccc(Oc2cc(F)cc(C#N)c2)c2c1C(=O)C(C)C2. The lowest BCUT2D eigenvalue weighted by molar-refractivity contribution is 0.0944. The number of carbonyl (C=O) groups excluding carboxylic acids is 1. The van der Waals surface area contributed by atoms with Crippen LogP contribution in [0.2, 0.25) is 0 Å². The van der Waals surface area contributed by atoms with Crippen molar-refractivity contribution >= 4 is 17.5 Å². The zero-order chi connectivity index (χ0) is 16.6. The topological polar surface area (TPSA) is 50.1 Å². The van der Waals surface area contributed by atoms with Gasteiger partial charge in [0.15, 0.2) is 5.78 Å². The van der Waals surface area contributed by atoms with Crippen molar-refractivity contribution in [1.82, 2.24) is 0 Å². The summed E-state index contributed by atoms with van der Waals surface area (Å²) < 4.78 is 19.3. The number of nitriles is 1. The van der Waals surface area contributed by atoms with Crippen LogP contribution in [0.5, 0.6) is 11.5 Å². The molecule has 0 saturated carbocycles. The average molecular weight is 327 g/mol. The van der Waals surface area contributed by atoms with Crippen LogP contribution in [0.4, 0.5) is 4.39 Å². The smallest absolute Gasteiger partial charge is 0.167 e. The van der Waals surface area contributed by atoms with E-state index in [0.717, 1.165) is 16.5 Å². The Bertz CT molecular complexity index is 842. The number of benzene rings is 2. The predicted molar refractivity (Wildman–Crippen MR) is 86.6 cm³/mol. The van der Waals surface area contributed by atoms with Crippen molar-refractivity contribution in [1.29, 1.82) is 5.26 Å². The van der Waals surface area contributed by atoms with E-state index in [9.17, 15) is 9.18 Å². The van der Waals surface area contributed by atoms with Crippen LogP contribution >= 0.6 is 11.8 Å². The van der Waals surface area contributed by atoms with E-state index in [1.54, 1.807) is 6.07 Å². The van der Waals surface area contributed by atoms with Crippen LogP contribution in [0.1, 0.15) is 28.4 Å². The molecule has 0 bridgehead atoms. The van der Waals surface area contributed by atoms with E-state index >= 15 is 0 Å². The van der Waals surface area contributed by atoms with Gasteiger partial charge in [-0.3, -0.25) is 4.79 Å². The minimum Gasteiger partial charge on any atom is -0.457 e. The Morgan fingerprint density at radius 3 is 2.83 bits per heavy atom. The van der Waals surface area contributed by atoms with E-state index in [1.165, 1.54) is 23.9 Å². The summed E-state index contributed by atoms with van der Waals surface area (Å²) in [4.78, 5) is 13.3. The highest BCUT2D eigenvalue weighted by Gasteiger charge is 2.32. The maximum atomic E-state index is 13.5. The van der Waals surface area contributed by atoms with Crippen molar-refractivity contribution in [3.8, 4) is 17.6 Å². The monoisotopic (exact) mass is 327 g/mol. The van der Waals surface area contributed by atoms with E-state index in [2.05, 4.69) is 0 Å². The number of hydrogen-bond acceptors (Lipinski definition) is 4. The molecule has 0 radical (unpaired) electrons. The molecule has 2 aromatic rings. The van der Waals surface area contributed by atoms with Gasteiger partial charge in [-0.1, -0.05) is 6.92 Å². The number of rotatable bonds is 3. The summed E-state index contributed by atoms with van der Waals surface area (Å²) in [7, 11) is 0. The Balaban J connectivity index is 2.05. The van der Waals surface area contributed by atoms with E-state index in [4.69, 9.17) is 10.00 Å². The highest BCUT2D eigenvalue weighted by molar-refractivity contribution is 7.98. The summed E-state index contributed by atoms with van der Waals surface area (Å²) in [5, 5.41) is 8.93. The number of hydrogen-bond donors (Lipinski definition) is 0. The molecule has 3 nitrogen and oxygen atoms in total. The van der Waals surface area contributed by atoms with Crippen molar-refractivity contribution < 1.29 is 13.9 Å². The Morgan fingerprint density at radius 1 is 1.35 bits per heavy atom. The summed E-state index contributed by atoms with van der Waals surface area (Å²) in [6.45, 7) is 1.90. The Kier molecular flexibility index (Phi) is 4.10. The third-order valence-electron chi connectivity index (χ3n) is 3.88. The van der Waals surface area contributed by atoms with Gasteiger partial charge >= 0.3 is 0 Å². The number of thioether (sulfide) groups is 1. The molecule has 1 atom stereocenters. The van der Waals surface area contributed by atoms with Crippen LogP contribution in [0.25, 0.3) is 0 Å². The lowest BCUT2D eigenvalue weighted by Crippen LogP contribution is -2.04. The standard InChI is InChI=1S/C18H14FNO2S/c1-10-5-14-15(3-4-16(23-2)17(14)18(10)21)22-13-7-11(9-20)6-12(19)8-13/h3-4,6-8,10H,5H2,1-2H3. The highest BCUT2D eigenvalue weighted by atomic mass is 32.2. The molecule has 0 amide bonds. The molecule has 1 aliphatic carbocycles. The first-order valence-corrected chi connectivity index (χ1v) is 8.38. The molecule has 0 spiro atoms. The van der Waals surface area contributed by atoms with Gasteiger partial charge in [0, 0.05) is 28.0 Å². The summed E-state index contributed by atoms with van der Waals surface area (Å²) in [6.07, 6.45) is 2.54. The first-order chi connectivity index (χ1) is 11.0. The minimum absolute atomic E-state index is 0.0807. The number of fused-ring (bicyclic) bond motifs is 1. The normalized spacial score (nSPS) is 16.1. The summed E-state index contributed by atoms with van der Waals surface area (Å²) in [6, 6.07) is 9.42. The van der Waals surface area contributed by atoms with E-state index in [0.29, 0.717) is 17.7 Å². The fourth-order valence-corrected chi connectivity index (χ4v) is 3.44. The van der Waals surface area contributed by atoms with Crippen LogP contribution in [0.3, 0.4) is 0 Å². The molecule has 0 saturated heterocycles. The fraction of sp³-hybridized carbons (Fsp3) is 0.222. The lowest BCUT2D eigenvalue weighted by atomic mass is 10.1. The molecule has 0 fully saturated rings. The van der Waals surface area contributed by atoms with E-state index in [-0.39, 0.29) is 23.0 Å². The van der Waals surface area contributed by atoms with Gasteiger partial charge in [-0.05, 0) is 36.9 Å². The second-order valence-corrected chi connectivity index (χ2v) is 6.33. The maximum Gasteiger partial charge on any atom is 0.167 e. The van der Waals surface area contributed by atoms with Crippen LogP contribution in [0, 0.1) is 23.1 Å². The molecule has 0 aromatic heterocycles. The van der Waals surface area contributed by atoms with Crippen molar-refractivity contribution in [2.45, 2.75) is 18.2 Å². The van der Waals surface area contributed by atoms with Gasteiger partial charge in [0.05, 0.1) is 11.6 Å². The molecular weight excluding hydrogens is 313 g/mol. The molecule has 2 aromatic carbocycles. The van der Waals surface area contributed by atoms with Crippen molar-refractivity contribution in [2.75, 3.05) is 6.26 Å². The van der Waals surface area contributed by atoms with Gasteiger partial charge in [-0.2, -0.15) is 5.26 Å². The van der Waals surface area contributed by atoms with E-state index in [1.807, 2.05) is 25.3 Å². The highest BCUT2D eigenvalue weighted by Crippen LogP contribution is 2.40. The predicted octanol–water partition coefficient (Wildman–Crippen LogP) is 4.59. The zero-order valence-corrected chi connectivity index (χ0v) is 13.5. The molecule has 1 unspecified atom stereocenters. The van der Waals surface area contributed by atoms with E-state index < -0.39 is 5.82 Å². The first kappa shape index (κ1) is 15.6. The van der Waals surface area contributed by atoms with Gasteiger partial charge in [0.25, 0.3) is 0 Å². The summed E-state index contributed by atoms with van der Waals surface area (Å²) in [5.74, 6) is 0.313. The zero-order valence-electron chi connectivity index (χ0n) is 12.7. The number of ether oxygens (including phenoxy) is 1. The Morgan fingerprint density at radius 2 is 2.13 bits per heavy atom. The third kappa shape index (κ3) is 2.82. The van der Waals surface area contributed by atoms with Gasteiger partial charge in [0.1, 0.15) is 17.3 Å². The second-order valence-electron chi connectivity index (χ2n) is 5.48. The van der Waals surface area contributed by atoms with Gasteiger partial charge < -0.3 is 4.74 Å². The number of nitrogens with zero attached hydrogens (tertiary/aromatic N) is 1. The van der Waals surface area contributed by atoms with Crippen molar-refractivity contribution in [3.63, 3.8) is 0 Å². The molecule has 1 aliphatic rings. The number of halogens is 1. The Labute approximate surface area is 138 Å². The molecule has 0 aliphatic heterocycles. The van der Waals surface area contributed by atoms with Crippen LogP contribution in [0.15, 0.2) is 35.2 Å². The second kappa shape index (κ2) is 6.05. The first-order valence-electron chi connectivity index (χ1n) is 7.16. The molecule has 116 valence electrons. The number of carbonyl (C=O) groups is 1. The van der Waals surface area contributed by atoms with Crippen LogP contribution in [-0.4, -0.2) is 12.0 Å². The third-order valence-corrected chi connectivity index (χ3v) is 4.66. The number of Topliss-reactive ketones (excluding diaryl/α,β-unsaturated/α-hetero) is 1. The van der Waals surface area contributed by atoms with Crippen LogP contribution < -0.4 is 4.74 Å². The van der Waals surface area contributed by atoms with Crippen LogP contribution in [-0.2, 0) is 6.42 Å². The van der Waals surface area contributed by atoms with Crippen molar-refractivity contribution in [3.05, 3.63) is 52.8 Å². The maximum absolute atomic E-state index is 13.5. The van der Waals surface area contributed by atoms with Crippen molar-refractivity contribution in [2.24, 2.45) is 5.92 Å². The quantitative estimate of drug-likeness (QED) is 0.774. The summed E-state index contributed by atoms with van der Waals surface area (Å²) in [5.41, 5.74) is 1.76. The molecule has 23 heavy (non-hydrogen) atoms. The van der Waals surface area contributed by atoms with Gasteiger partial charge in [-0.25, -0.2) is 4.39 Å². The molecule has 3 rings (SSSR count). The minimum atomic E-state index is -0.527. The fourth-order valence-electron chi connectivity index (χ4n) is 2.80. The molecular formula is C18H14FNO2S. The van der Waals surface area contributed by atoms with Gasteiger partial charge in [-0.15, -0.1) is 11.8 Å². The average Bonchev–Trinajstić information content (AvgIpc) is 2.83. The molecule has 5 heteroatoms. The van der Waals surface area contributed by atoms with Gasteiger partial charge in [0.2, 0.25) is 0 Å². The molecule has 0 heterocycles. The summed E-state index contributed by atoms with van der Waals surface area (Å²) >= 11 is 1.52. The largest absolute Gasteiger partial charge is 0.457 e. The Hall–Kier alpha value is -2.32. The molecule has 0 N–H and O–H groups in total. The lowest BCUT2D eigenvalue weighted by Gasteiger charge is -2.12. The number of ketones is 1.